The van der Waals surface area contributed by atoms with Crippen molar-refractivity contribution in [3.05, 3.63) is 35.0 Å². The lowest BCUT2D eigenvalue weighted by Crippen LogP contribution is -2.03. The average molecular weight is 287 g/mol. The molecule has 0 bridgehead atoms. The highest BCUT2D eigenvalue weighted by Crippen LogP contribution is 2.34. The van der Waals surface area contributed by atoms with Gasteiger partial charge in [-0.1, -0.05) is 0 Å². The van der Waals surface area contributed by atoms with E-state index < -0.39 is 0 Å². The van der Waals surface area contributed by atoms with Gasteiger partial charge in [0, 0.05) is 29.7 Å². The Labute approximate surface area is 123 Å². The molecule has 20 heavy (non-hydrogen) atoms. The quantitative estimate of drug-likeness (QED) is 0.939. The van der Waals surface area contributed by atoms with Crippen LogP contribution in [0.25, 0.3) is 11.4 Å². The Morgan fingerprint density at radius 2 is 2.10 bits per heavy atom. The molecule has 0 atom stereocenters. The fourth-order valence-corrected chi connectivity index (χ4v) is 3.45. The lowest BCUT2D eigenvalue weighted by atomic mass is 10.1. The Balaban J connectivity index is 2.08. The fourth-order valence-electron chi connectivity index (χ4n) is 2.40. The smallest absolute Gasteiger partial charge is 0.161 e. The van der Waals surface area contributed by atoms with Crippen molar-refractivity contribution >= 4 is 17.6 Å². The molecular formula is C15H17N3OS. The van der Waals surface area contributed by atoms with E-state index in [1.54, 1.807) is 7.11 Å². The van der Waals surface area contributed by atoms with Gasteiger partial charge >= 0.3 is 0 Å². The van der Waals surface area contributed by atoms with Crippen LogP contribution in [-0.4, -0.2) is 24.1 Å². The van der Waals surface area contributed by atoms with Crippen LogP contribution in [0.4, 0.5) is 5.82 Å². The third-order valence-corrected chi connectivity index (χ3v) is 4.44. The summed E-state index contributed by atoms with van der Waals surface area (Å²) < 4.78 is 5.30. The van der Waals surface area contributed by atoms with Crippen molar-refractivity contribution in [1.29, 1.82) is 0 Å². The second kappa shape index (κ2) is 5.32. The number of fused-ring (bicyclic) bond motifs is 1. The van der Waals surface area contributed by atoms with Crippen LogP contribution in [0, 0.1) is 6.92 Å². The van der Waals surface area contributed by atoms with Crippen LogP contribution in [0.3, 0.4) is 0 Å². The first-order valence-corrected chi connectivity index (χ1v) is 7.68. The number of methoxy groups -OCH3 is 1. The molecule has 1 aromatic heterocycles. The van der Waals surface area contributed by atoms with Crippen molar-refractivity contribution < 1.29 is 4.74 Å². The lowest BCUT2D eigenvalue weighted by molar-refractivity contribution is 0.412. The topological polar surface area (TPSA) is 47.0 Å². The minimum Gasteiger partial charge on any atom is -0.496 e. The summed E-state index contributed by atoms with van der Waals surface area (Å²) in [6.45, 7) is 2.03. The van der Waals surface area contributed by atoms with Gasteiger partial charge in [0.2, 0.25) is 0 Å². The van der Waals surface area contributed by atoms with Crippen molar-refractivity contribution in [3.63, 3.8) is 0 Å². The van der Waals surface area contributed by atoms with Gasteiger partial charge in [-0.2, -0.15) is 11.8 Å². The number of benzene rings is 1. The molecule has 0 spiro atoms. The number of hydrogen-bond acceptors (Lipinski definition) is 5. The van der Waals surface area contributed by atoms with Gasteiger partial charge in [-0.25, -0.2) is 9.97 Å². The van der Waals surface area contributed by atoms with E-state index in [0.717, 1.165) is 45.7 Å². The maximum atomic E-state index is 5.30. The maximum Gasteiger partial charge on any atom is 0.161 e. The highest BCUT2D eigenvalue weighted by molar-refractivity contribution is 7.98. The molecule has 2 aromatic rings. The molecule has 4 nitrogen and oxygen atoms in total. The Hall–Kier alpha value is -1.75. The largest absolute Gasteiger partial charge is 0.496 e. The fraction of sp³-hybridized carbons (Fsp3) is 0.333. The number of aryl methyl sites for hydroxylation is 1. The zero-order chi connectivity index (χ0) is 14.1. The van der Waals surface area contributed by atoms with Crippen molar-refractivity contribution in [2.24, 2.45) is 0 Å². The summed E-state index contributed by atoms with van der Waals surface area (Å²) in [6.07, 6.45) is 0. The number of hydrogen-bond donors (Lipinski definition) is 1. The molecule has 1 aliphatic heterocycles. The lowest BCUT2D eigenvalue weighted by Gasteiger charge is -2.10. The number of aromatic nitrogens is 2. The van der Waals surface area contributed by atoms with Crippen LogP contribution in [0.2, 0.25) is 0 Å². The molecule has 1 N–H and O–H groups in total. The Morgan fingerprint density at radius 3 is 2.80 bits per heavy atom. The van der Waals surface area contributed by atoms with E-state index in [9.17, 15) is 0 Å². The molecule has 0 saturated heterocycles. The normalized spacial score (nSPS) is 13.2. The average Bonchev–Trinajstić information content (AvgIpc) is 2.94. The molecule has 3 rings (SSSR count). The Bertz CT molecular complexity index is 658. The van der Waals surface area contributed by atoms with Gasteiger partial charge in [-0.05, 0) is 30.7 Å². The second-order valence-corrected chi connectivity index (χ2v) is 5.73. The van der Waals surface area contributed by atoms with Crippen LogP contribution in [-0.2, 0) is 11.5 Å². The molecule has 5 heteroatoms. The van der Waals surface area contributed by atoms with Gasteiger partial charge < -0.3 is 10.1 Å². The third-order valence-electron chi connectivity index (χ3n) is 3.47. The van der Waals surface area contributed by atoms with E-state index >= 15 is 0 Å². The van der Waals surface area contributed by atoms with Crippen molar-refractivity contribution in [2.75, 3.05) is 19.5 Å². The number of rotatable bonds is 3. The van der Waals surface area contributed by atoms with Gasteiger partial charge in [0.25, 0.3) is 0 Å². The minimum atomic E-state index is 0.779. The number of anilines is 1. The standard InChI is InChI=1S/C15H17N3OS/c1-9-6-10(4-5-13(9)19-3)14-17-12-8-20-7-11(12)15(16-2)18-14/h4-6H,7-8H2,1-3H3,(H,16,17,18). The molecule has 104 valence electrons. The predicted octanol–water partition coefficient (Wildman–Crippen LogP) is 3.25. The number of thioether (sulfide) groups is 1. The van der Waals surface area contributed by atoms with Gasteiger partial charge in [-0.3, -0.25) is 0 Å². The first kappa shape index (κ1) is 13.2. The van der Waals surface area contributed by atoms with Crippen LogP contribution in [0.5, 0.6) is 5.75 Å². The molecule has 1 aliphatic rings. The van der Waals surface area contributed by atoms with E-state index in [1.165, 1.54) is 5.56 Å². The van der Waals surface area contributed by atoms with Crippen LogP contribution < -0.4 is 10.1 Å². The number of nitrogens with zero attached hydrogens (tertiary/aromatic N) is 2. The second-order valence-electron chi connectivity index (χ2n) is 4.75. The molecule has 0 fully saturated rings. The highest BCUT2D eigenvalue weighted by Gasteiger charge is 2.19. The Kier molecular flexibility index (Phi) is 3.53. The summed E-state index contributed by atoms with van der Waals surface area (Å²) in [4.78, 5) is 9.37. The van der Waals surface area contributed by atoms with E-state index in [-0.39, 0.29) is 0 Å². The van der Waals surface area contributed by atoms with Gasteiger partial charge in [0.1, 0.15) is 11.6 Å². The zero-order valence-corrected chi connectivity index (χ0v) is 12.7. The van der Waals surface area contributed by atoms with E-state index in [1.807, 2.05) is 37.9 Å². The molecule has 2 heterocycles. The first-order valence-electron chi connectivity index (χ1n) is 6.53. The third kappa shape index (κ3) is 2.22. The first-order chi connectivity index (χ1) is 9.72. The molecule has 0 saturated carbocycles. The van der Waals surface area contributed by atoms with Gasteiger partial charge in [-0.15, -0.1) is 0 Å². The summed E-state index contributed by atoms with van der Waals surface area (Å²) in [5.41, 5.74) is 4.51. The molecule has 0 amide bonds. The monoisotopic (exact) mass is 287 g/mol. The summed E-state index contributed by atoms with van der Waals surface area (Å²) in [6, 6.07) is 6.05. The van der Waals surface area contributed by atoms with E-state index in [4.69, 9.17) is 9.72 Å². The van der Waals surface area contributed by atoms with Crippen LogP contribution in [0.1, 0.15) is 16.8 Å². The van der Waals surface area contributed by atoms with Crippen LogP contribution in [0.15, 0.2) is 18.2 Å². The summed E-state index contributed by atoms with van der Waals surface area (Å²) in [7, 11) is 3.60. The SMILES string of the molecule is CNc1nc(-c2ccc(OC)c(C)c2)nc2c1CSC2. The predicted molar refractivity (Wildman–Crippen MR) is 83.3 cm³/mol. The summed E-state index contributed by atoms with van der Waals surface area (Å²) >= 11 is 1.88. The molecule has 0 unspecified atom stereocenters. The highest BCUT2D eigenvalue weighted by atomic mass is 32.2. The van der Waals surface area contributed by atoms with E-state index in [2.05, 4.69) is 16.4 Å². The molecule has 0 aliphatic carbocycles. The zero-order valence-electron chi connectivity index (χ0n) is 11.9. The Morgan fingerprint density at radius 1 is 1.25 bits per heavy atom. The van der Waals surface area contributed by atoms with Crippen molar-refractivity contribution in [1.82, 2.24) is 9.97 Å². The molecular weight excluding hydrogens is 270 g/mol. The van der Waals surface area contributed by atoms with Gasteiger partial charge in [0.15, 0.2) is 5.82 Å². The minimum absolute atomic E-state index is 0.779. The van der Waals surface area contributed by atoms with Gasteiger partial charge in [0.05, 0.1) is 12.8 Å². The van der Waals surface area contributed by atoms with Crippen LogP contribution >= 0.6 is 11.8 Å². The van der Waals surface area contributed by atoms with Crippen molar-refractivity contribution in [3.8, 4) is 17.1 Å². The molecule has 1 aromatic carbocycles. The number of nitrogens with one attached hydrogen (secondary N) is 1. The number of ether oxygens (including phenoxy) is 1. The maximum absolute atomic E-state index is 5.30. The summed E-state index contributed by atoms with van der Waals surface area (Å²) in [5.74, 6) is 4.58. The molecule has 0 radical (unpaired) electrons. The summed E-state index contributed by atoms with van der Waals surface area (Å²) in [5, 5.41) is 3.19. The van der Waals surface area contributed by atoms with E-state index in [0.29, 0.717) is 0 Å². The van der Waals surface area contributed by atoms with Crippen molar-refractivity contribution in [2.45, 2.75) is 18.4 Å².